The Labute approximate surface area is 73.8 Å². The highest BCUT2D eigenvalue weighted by Crippen LogP contribution is 2.49. The molecule has 0 N–H and O–H groups in total. The Kier molecular flexibility index (Phi) is 1.29. The van der Waals surface area contributed by atoms with Gasteiger partial charge in [0.1, 0.15) is 5.76 Å². The first-order chi connectivity index (χ1) is 5.43. The van der Waals surface area contributed by atoms with E-state index in [4.69, 9.17) is 4.42 Å². The van der Waals surface area contributed by atoms with E-state index in [0.29, 0.717) is 5.41 Å². The largest absolute Gasteiger partial charge is 0.468 e. The summed E-state index contributed by atoms with van der Waals surface area (Å²) in [4.78, 5) is 0. The van der Waals surface area contributed by atoms with Crippen molar-refractivity contribution in [2.24, 2.45) is 0 Å². The molecule has 0 saturated heterocycles. The fraction of sp³-hybridized carbons (Fsp3) is 0.636. The SMILES string of the molecule is CC1(C)CC(C)(C)c2occc21. The summed E-state index contributed by atoms with van der Waals surface area (Å²) in [6, 6.07) is 2.12. The Hall–Kier alpha value is -0.720. The number of rotatable bonds is 0. The number of furan rings is 1. The third-order valence-corrected chi connectivity index (χ3v) is 2.89. The minimum absolute atomic E-state index is 0.225. The molecule has 0 bridgehead atoms. The molecule has 1 aromatic heterocycles. The summed E-state index contributed by atoms with van der Waals surface area (Å²) >= 11 is 0. The second-order valence-electron chi connectivity index (χ2n) is 5.11. The molecular weight excluding hydrogens is 148 g/mol. The quantitative estimate of drug-likeness (QED) is 0.573. The van der Waals surface area contributed by atoms with E-state index in [1.165, 1.54) is 17.7 Å². The number of hydrogen-bond donors (Lipinski definition) is 0. The van der Waals surface area contributed by atoms with Crippen molar-refractivity contribution in [3.05, 3.63) is 23.7 Å². The van der Waals surface area contributed by atoms with Crippen molar-refractivity contribution in [3.63, 3.8) is 0 Å². The van der Waals surface area contributed by atoms with E-state index in [-0.39, 0.29) is 5.41 Å². The van der Waals surface area contributed by atoms with Gasteiger partial charge in [-0.2, -0.15) is 0 Å². The highest BCUT2D eigenvalue weighted by molar-refractivity contribution is 5.37. The summed E-state index contributed by atoms with van der Waals surface area (Å²) in [6.07, 6.45) is 3.00. The van der Waals surface area contributed by atoms with Crippen molar-refractivity contribution in [2.75, 3.05) is 0 Å². The zero-order valence-corrected chi connectivity index (χ0v) is 8.27. The van der Waals surface area contributed by atoms with Gasteiger partial charge < -0.3 is 4.42 Å². The molecule has 0 fully saturated rings. The van der Waals surface area contributed by atoms with Crippen LogP contribution in [-0.2, 0) is 10.8 Å². The summed E-state index contributed by atoms with van der Waals surface area (Å²) in [6.45, 7) is 9.08. The van der Waals surface area contributed by atoms with E-state index in [1.807, 2.05) is 6.26 Å². The van der Waals surface area contributed by atoms with Crippen LogP contribution < -0.4 is 0 Å². The van der Waals surface area contributed by atoms with Gasteiger partial charge in [0.05, 0.1) is 6.26 Å². The van der Waals surface area contributed by atoms with Crippen LogP contribution in [0.5, 0.6) is 0 Å². The molecule has 1 aromatic rings. The highest BCUT2D eigenvalue weighted by Gasteiger charge is 2.44. The average Bonchev–Trinajstić information content (AvgIpc) is 2.34. The maximum Gasteiger partial charge on any atom is 0.113 e. The van der Waals surface area contributed by atoms with E-state index in [2.05, 4.69) is 33.8 Å². The Morgan fingerprint density at radius 1 is 1.17 bits per heavy atom. The minimum atomic E-state index is 0.225. The van der Waals surface area contributed by atoms with Gasteiger partial charge in [-0.25, -0.2) is 0 Å². The molecule has 0 atom stereocenters. The van der Waals surface area contributed by atoms with Crippen LogP contribution in [0, 0.1) is 0 Å². The first kappa shape index (κ1) is 7.90. The second kappa shape index (κ2) is 1.95. The van der Waals surface area contributed by atoms with Crippen LogP contribution in [0.2, 0.25) is 0 Å². The lowest BCUT2D eigenvalue weighted by molar-refractivity contribution is 0.351. The molecule has 0 unspecified atom stereocenters. The highest BCUT2D eigenvalue weighted by atomic mass is 16.3. The Balaban J connectivity index is 2.60. The molecule has 1 nitrogen and oxygen atoms in total. The van der Waals surface area contributed by atoms with Crippen molar-refractivity contribution in [1.29, 1.82) is 0 Å². The first-order valence-corrected chi connectivity index (χ1v) is 4.52. The summed E-state index contributed by atoms with van der Waals surface area (Å²) in [5, 5.41) is 0. The maximum absolute atomic E-state index is 5.53. The molecule has 1 aliphatic carbocycles. The normalized spacial score (nSPS) is 24.0. The molecule has 0 aromatic carbocycles. The summed E-state index contributed by atoms with van der Waals surface area (Å²) in [7, 11) is 0. The van der Waals surface area contributed by atoms with Crippen molar-refractivity contribution in [2.45, 2.75) is 44.9 Å². The molecule has 66 valence electrons. The van der Waals surface area contributed by atoms with Gasteiger partial charge in [-0.15, -0.1) is 0 Å². The van der Waals surface area contributed by atoms with Crippen LogP contribution in [-0.4, -0.2) is 0 Å². The number of hydrogen-bond acceptors (Lipinski definition) is 1. The van der Waals surface area contributed by atoms with Crippen molar-refractivity contribution in [3.8, 4) is 0 Å². The first-order valence-electron chi connectivity index (χ1n) is 4.52. The third kappa shape index (κ3) is 0.855. The zero-order valence-electron chi connectivity index (χ0n) is 8.27. The molecular formula is C11H16O. The lowest BCUT2D eigenvalue weighted by atomic mass is 9.82. The van der Waals surface area contributed by atoms with Crippen LogP contribution in [0.15, 0.2) is 16.7 Å². The van der Waals surface area contributed by atoms with Crippen molar-refractivity contribution >= 4 is 0 Å². The van der Waals surface area contributed by atoms with Crippen LogP contribution in [0.25, 0.3) is 0 Å². The standard InChI is InChI=1S/C11H16O/c1-10(2)7-11(3,4)9-8(10)5-6-12-9/h5-6H,7H2,1-4H3. The van der Waals surface area contributed by atoms with Crippen LogP contribution in [0.4, 0.5) is 0 Å². The van der Waals surface area contributed by atoms with E-state index in [1.54, 1.807) is 0 Å². The molecule has 12 heavy (non-hydrogen) atoms. The predicted molar refractivity (Wildman–Crippen MR) is 49.4 cm³/mol. The Morgan fingerprint density at radius 2 is 1.83 bits per heavy atom. The minimum Gasteiger partial charge on any atom is -0.468 e. The molecule has 0 saturated carbocycles. The monoisotopic (exact) mass is 164 g/mol. The molecule has 1 heteroatoms. The van der Waals surface area contributed by atoms with E-state index >= 15 is 0 Å². The average molecular weight is 164 g/mol. The summed E-state index contributed by atoms with van der Waals surface area (Å²) in [5.41, 5.74) is 1.92. The van der Waals surface area contributed by atoms with Gasteiger partial charge in [-0.1, -0.05) is 27.7 Å². The predicted octanol–water partition coefficient (Wildman–Crippen LogP) is 3.24. The smallest absolute Gasteiger partial charge is 0.113 e. The Bertz CT molecular complexity index is 276. The molecule has 0 spiro atoms. The molecule has 0 amide bonds. The van der Waals surface area contributed by atoms with E-state index in [0.717, 1.165) is 0 Å². The molecule has 0 radical (unpaired) electrons. The second-order valence-corrected chi connectivity index (χ2v) is 5.11. The third-order valence-electron chi connectivity index (χ3n) is 2.89. The Morgan fingerprint density at radius 3 is 2.42 bits per heavy atom. The maximum atomic E-state index is 5.53. The van der Waals surface area contributed by atoms with E-state index < -0.39 is 0 Å². The fourth-order valence-corrected chi connectivity index (χ4v) is 2.65. The fourth-order valence-electron chi connectivity index (χ4n) is 2.65. The summed E-state index contributed by atoms with van der Waals surface area (Å²) < 4.78 is 5.53. The van der Waals surface area contributed by atoms with Gasteiger partial charge in [-0.3, -0.25) is 0 Å². The van der Waals surface area contributed by atoms with Crippen molar-refractivity contribution < 1.29 is 4.42 Å². The van der Waals surface area contributed by atoms with Gasteiger partial charge in [-0.05, 0) is 23.5 Å². The molecule has 0 aliphatic heterocycles. The molecule has 1 heterocycles. The summed E-state index contributed by atoms with van der Waals surface area (Å²) in [5.74, 6) is 1.19. The van der Waals surface area contributed by atoms with Gasteiger partial charge in [0, 0.05) is 5.41 Å². The van der Waals surface area contributed by atoms with Gasteiger partial charge in [0.2, 0.25) is 0 Å². The molecule has 2 rings (SSSR count). The molecule has 1 aliphatic rings. The lowest BCUT2D eigenvalue weighted by Gasteiger charge is -2.21. The number of fused-ring (bicyclic) bond motifs is 1. The van der Waals surface area contributed by atoms with Crippen molar-refractivity contribution in [1.82, 2.24) is 0 Å². The van der Waals surface area contributed by atoms with E-state index in [9.17, 15) is 0 Å². The zero-order chi connectivity index (χ0) is 8.98. The lowest BCUT2D eigenvalue weighted by Crippen LogP contribution is -2.18. The van der Waals surface area contributed by atoms with Crippen LogP contribution in [0.3, 0.4) is 0 Å². The van der Waals surface area contributed by atoms with Crippen LogP contribution >= 0.6 is 0 Å². The topological polar surface area (TPSA) is 13.1 Å². The van der Waals surface area contributed by atoms with Gasteiger partial charge >= 0.3 is 0 Å². The van der Waals surface area contributed by atoms with Gasteiger partial charge in [0.15, 0.2) is 0 Å². The van der Waals surface area contributed by atoms with Gasteiger partial charge in [0.25, 0.3) is 0 Å². The van der Waals surface area contributed by atoms with Crippen LogP contribution in [0.1, 0.15) is 45.4 Å².